The van der Waals surface area contributed by atoms with E-state index in [0.29, 0.717) is 37.1 Å². The number of methoxy groups -OCH3 is 2. The Labute approximate surface area is 173 Å². The molecule has 8 nitrogen and oxygen atoms in total. The van der Waals surface area contributed by atoms with Crippen molar-refractivity contribution in [2.24, 2.45) is 17.6 Å². The van der Waals surface area contributed by atoms with E-state index in [0.717, 1.165) is 18.4 Å². The van der Waals surface area contributed by atoms with Gasteiger partial charge in [-0.3, -0.25) is 0 Å². The summed E-state index contributed by atoms with van der Waals surface area (Å²) in [6.07, 6.45) is 0.0325. The summed E-state index contributed by atoms with van der Waals surface area (Å²) in [4.78, 5) is 10.6. The molecule has 0 fully saturated rings. The molecule has 8 heteroatoms. The summed E-state index contributed by atoms with van der Waals surface area (Å²) in [6, 6.07) is 5.36. The Hall–Kier alpha value is -2.03. The van der Waals surface area contributed by atoms with E-state index in [1.807, 2.05) is 18.2 Å². The zero-order valence-corrected chi connectivity index (χ0v) is 17.9. The number of nitrogens with two attached hydrogens (primary N) is 1. The summed E-state index contributed by atoms with van der Waals surface area (Å²) in [5.74, 6) is 1.94. The first-order valence-electron chi connectivity index (χ1n) is 9.97. The minimum Gasteiger partial charge on any atom is -0.493 e. The van der Waals surface area contributed by atoms with Crippen molar-refractivity contribution in [2.45, 2.75) is 45.3 Å². The van der Waals surface area contributed by atoms with E-state index in [-0.39, 0.29) is 12.5 Å². The van der Waals surface area contributed by atoms with Crippen LogP contribution >= 0.6 is 0 Å². The average molecular weight is 413 g/mol. The van der Waals surface area contributed by atoms with E-state index in [1.165, 1.54) is 0 Å². The Kier molecular flexibility index (Phi) is 11.4. The molecule has 29 heavy (non-hydrogen) atoms. The van der Waals surface area contributed by atoms with E-state index in [1.54, 1.807) is 14.2 Å². The highest BCUT2D eigenvalue weighted by Crippen LogP contribution is 2.31. The van der Waals surface area contributed by atoms with Gasteiger partial charge >= 0.3 is 6.09 Å². The van der Waals surface area contributed by atoms with Crippen molar-refractivity contribution in [3.05, 3.63) is 23.8 Å². The topological polar surface area (TPSA) is 123 Å². The lowest BCUT2D eigenvalue weighted by Crippen LogP contribution is -2.44. The first-order valence-corrected chi connectivity index (χ1v) is 9.97. The molecule has 0 aliphatic heterocycles. The van der Waals surface area contributed by atoms with Crippen molar-refractivity contribution in [1.29, 1.82) is 0 Å². The number of rotatable bonds is 14. The van der Waals surface area contributed by atoms with Gasteiger partial charge in [0.1, 0.15) is 0 Å². The fourth-order valence-corrected chi connectivity index (χ4v) is 3.09. The third-order valence-corrected chi connectivity index (χ3v) is 4.95. The van der Waals surface area contributed by atoms with Crippen molar-refractivity contribution in [2.75, 3.05) is 34.0 Å². The summed E-state index contributed by atoms with van der Waals surface area (Å²) < 4.78 is 16.3. The lowest BCUT2D eigenvalue weighted by Gasteiger charge is -2.27. The molecule has 1 aromatic carbocycles. The van der Waals surface area contributed by atoms with Crippen LogP contribution in [0.25, 0.3) is 0 Å². The van der Waals surface area contributed by atoms with Gasteiger partial charge in [-0.15, -0.1) is 0 Å². The number of benzene rings is 1. The van der Waals surface area contributed by atoms with E-state index in [2.05, 4.69) is 19.2 Å². The fraction of sp³-hybridized carbons (Fsp3) is 0.667. The van der Waals surface area contributed by atoms with Crippen LogP contribution in [-0.2, 0) is 11.2 Å². The maximum Gasteiger partial charge on any atom is 0.404 e. The normalized spacial score (nSPS) is 14.3. The molecule has 0 spiro atoms. The Morgan fingerprint density at radius 2 is 1.93 bits per heavy atom. The number of aliphatic hydroxyl groups is 1. The lowest BCUT2D eigenvalue weighted by molar-refractivity contribution is 0.120. The van der Waals surface area contributed by atoms with Crippen LogP contribution in [0.2, 0.25) is 0 Å². The average Bonchev–Trinajstić information content (AvgIpc) is 2.68. The zero-order chi connectivity index (χ0) is 21.8. The van der Waals surface area contributed by atoms with Gasteiger partial charge in [0.05, 0.1) is 19.8 Å². The maximum atomic E-state index is 10.6. The van der Waals surface area contributed by atoms with Crippen LogP contribution in [0.5, 0.6) is 11.5 Å². The third kappa shape index (κ3) is 9.34. The third-order valence-electron chi connectivity index (χ3n) is 4.95. The molecule has 3 atom stereocenters. The molecule has 1 amide bonds. The van der Waals surface area contributed by atoms with Crippen LogP contribution in [0.15, 0.2) is 18.2 Å². The molecule has 0 aliphatic carbocycles. The first-order chi connectivity index (χ1) is 13.8. The molecule has 0 radical (unpaired) electrons. The van der Waals surface area contributed by atoms with Gasteiger partial charge in [-0.25, -0.2) is 4.79 Å². The van der Waals surface area contributed by atoms with Crippen LogP contribution in [0, 0.1) is 11.8 Å². The summed E-state index contributed by atoms with van der Waals surface area (Å²) in [5.41, 5.74) is 7.22. The minimum atomic E-state index is -1.17. The van der Waals surface area contributed by atoms with Gasteiger partial charge in [0, 0.05) is 32.7 Å². The fourth-order valence-electron chi connectivity index (χ4n) is 3.09. The second kappa shape index (κ2) is 13.2. The SMILES string of the molecule is COCCCOc1cc(C[C@@H](C[C@H](N)[C@@H](O)CNC(=O)O)C(C)C)ccc1OC. The molecule has 1 rings (SSSR count). The Balaban J connectivity index is 2.77. The summed E-state index contributed by atoms with van der Waals surface area (Å²) in [6.45, 7) is 5.32. The largest absolute Gasteiger partial charge is 0.493 e. The number of aliphatic hydroxyl groups excluding tert-OH is 1. The predicted octanol–water partition coefficient (Wildman–Crippen LogP) is 2.27. The number of carbonyl (C=O) groups is 1. The molecular formula is C21H36N2O6. The molecule has 0 saturated heterocycles. The van der Waals surface area contributed by atoms with Gasteiger partial charge in [0.25, 0.3) is 0 Å². The second-order valence-corrected chi connectivity index (χ2v) is 7.54. The van der Waals surface area contributed by atoms with Gasteiger partial charge in [-0.05, 0) is 42.4 Å². The number of nitrogens with one attached hydrogen (secondary N) is 1. The molecule has 0 aromatic heterocycles. The van der Waals surface area contributed by atoms with Crippen molar-refractivity contribution >= 4 is 6.09 Å². The Morgan fingerprint density at radius 3 is 2.52 bits per heavy atom. The summed E-state index contributed by atoms with van der Waals surface area (Å²) in [5, 5.41) is 21.0. The second-order valence-electron chi connectivity index (χ2n) is 7.54. The first kappa shape index (κ1) is 25.0. The van der Waals surface area contributed by atoms with Crippen LogP contribution in [0.3, 0.4) is 0 Å². The molecular weight excluding hydrogens is 376 g/mol. The zero-order valence-electron chi connectivity index (χ0n) is 17.9. The molecule has 0 aliphatic rings. The number of hydrogen-bond acceptors (Lipinski definition) is 6. The molecule has 5 N–H and O–H groups in total. The number of ether oxygens (including phenoxy) is 3. The molecule has 0 bridgehead atoms. The van der Waals surface area contributed by atoms with Gasteiger partial charge in [0.15, 0.2) is 11.5 Å². The van der Waals surface area contributed by atoms with E-state index in [4.69, 9.17) is 25.1 Å². The van der Waals surface area contributed by atoms with Gasteiger partial charge in [0.2, 0.25) is 0 Å². The van der Waals surface area contributed by atoms with E-state index < -0.39 is 18.2 Å². The minimum absolute atomic E-state index is 0.0800. The number of amides is 1. The summed E-state index contributed by atoms with van der Waals surface area (Å²) >= 11 is 0. The number of hydrogen-bond donors (Lipinski definition) is 4. The van der Waals surface area contributed by atoms with Crippen LogP contribution in [-0.4, -0.2) is 62.4 Å². The van der Waals surface area contributed by atoms with E-state index >= 15 is 0 Å². The van der Waals surface area contributed by atoms with Crippen LogP contribution in [0.4, 0.5) is 4.79 Å². The maximum absolute atomic E-state index is 10.6. The lowest BCUT2D eigenvalue weighted by atomic mass is 9.83. The smallest absolute Gasteiger partial charge is 0.404 e. The Bertz CT molecular complexity index is 611. The summed E-state index contributed by atoms with van der Waals surface area (Å²) in [7, 11) is 3.27. The molecule has 0 unspecified atom stereocenters. The highest BCUT2D eigenvalue weighted by molar-refractivity contribution is 5.64. The number of carboxylic acid groups (broad SMARTS) is 1. The van der Waals surface area contributed by atoms with Crippen molar-refractivity contribution in [1.82, 2.24) is 5.32 Å². The standard InChI is InChI=1S/C21H36N2O6/c1-14(2)16(12-17(22)18(24)13-23-21(25)26)10-15-6-7-19(28-4)20(11-15)29-9-5-8-27-3/h6-7,11,14,16-18,23-24H,5,8-10,12-13,22H2,1-4H3,(H,25,26)/t16-,17-,18-/m0/s1. The van der Waals surface area contributed by atoms with Crippen molar-refractivity contribution in [3.8, 4) is 11.5 Å². The quantitative estimate of drug-likeness (QED) is 0.346. The highest BCUT2D eigenvalue weighted by Gasteiger charge is 2.23. The van der Waals surface area contributed by atoms with Gasteiger partial charge in [-0.2, -0.15) is 0 Å². The van der Waals surface area contributed by atoms with Crippen molar-refractivity contribution < 1.29 is 29.2 Å². The molecule has 0 saturated carbocycles. The van der Waals surface area contributed by atoms with Crippen LogP contribution < -0.4 is 20.5 Å². The highest BCUT2D eigenvalue weighted by atomic mass is 16.5. The van der Waals surface area contributed by atoms with Gasteiger partial charge < -0.3 is 35.5 Å². The molecule has 0 heterocycles. The Morgan fingerprint density at radius 1 is 1.21 bits per heavy atom. The monoisotopic (exact) mass is 412 g/mol. The molecule has 166 valence electrons. The van der Waals surface area contributed by atoms with E-state index in [9.17, 15) is 9.90 Å². The van der Waals surface area contributed by atoms with Gasteiger partial charge in [-0.1, -0.05) is 19.9 Å². The van der Waals surface area contributed by atoms with Crippen LogP contribution in [0.1, 0.15) is 32.3 Å². The predicted molar refractivity (Wildman–Crippen MR) is 112 cm³/mol. The van der Waals surface area contributed by atoms with Crippen molar-refractivity contribution in [3.63, 3.8) is 0 Å². The molecule has 1 aromatic rings.